The molecule has 1 N–H and O–H groups in total. The molecule has 0 unspecified atom stereocenters. The fourth-order valence-electron chi connectivity index (χ4n) is 2.26. The molecule has 0 fully saturated rings. The lowest BCUT2D eigenvalue weighted by Crippen LogP contribution is -2.36. The number of ether oxygens (including phenoxy) is 1. The molecule has 0 spiro atoms. The third kappa shape index (κ3) is 6.29. The largest absolute Gasteiger partial charge is 0.466 e. The van der Waals surface area contributed by atoms with Gasteiger partial charge in [0.2, 0.25) is 5.82 Å². The number of fused-ring (bicyclic) bond motifs is 1. The van der Waals surface area contributed by atoms with Gasteiger partial charge in [-0.2, -0.15) is 4.39 Å². The van der Waals surface area contributed by atoms with Crippen LogP contribution in [0, 0.1) is 15.9 Å². The Kier molecular flexibility index (Phi) is 11.0. The van der Waals surface area contributed by atoms with Crippen LogP contribution in [0.1, 0.15) is 47.5 Å². The number of nitrogens with one attached hydrogen (secondary N) is 1. The van der Waals surface area contributed by atoms with Crippen LogP contribution in [0.5, 0.6) is 0 Å². The number of H-pyrrole nitrogens is 1. The number of esters is 1. The van der Waals surface area contributed by atoms with E-state index in [1.165, 1.54) is 0 Å². The highest BCUT2D eigenvalue weighted by Gasteiger charge is 2.18. The van der Waals surface area contributed by atoms with Crippen molar-refractivity contribution in [2.75, 3.05) is 6.61 Å². The van der Waals surface area contributed by atoms with Crippen LogP contribution in [-0.4, -0.2) is 27.1 Å². The van der Waals surface area contributed by atoms with Crippen molar-refractivity contribution < 1.29 is 18.8 Å². The standard InChI is InChI=1S/C14H14FN3O6.2C2H6/c1-2-24-12(19)4-3-5-17-11-6-8(15)10(18(22)23)7-9(11)16-13(20)14(17)21;2*1-2/h6-7H,2-5H2,1H3,(H,16,20);2*1-2H3. The van der Waals surface area contributed by atoms with Gasteiger partial charge in [0.05, 0.1) is 22.6 Å². The number of nitrogens with zero attached hydrogens (tertiary/aromatic N) is 2. The fourth-order valence-corrected chi connectivity index (χ4v) is 2.26. The molecule has 1 heterocycles. The second kappa shape index (κ2) is 12.4. The molecule has 0 amide bonds. The van der Waals surface area contributed by atoms with Crippen LogP contribution in [0.15, 0.2) is 21.7 Å². The third-order valence-electron chi connectivity index (χ3n) is 3.31. The number of carbonyl (C=O) groups excluding carboxylic acids is 1. The predicted molar refractivity (Wildman–Crippen MR) is 104 cm³/mol. The summed E-state index contributed by atoms with van der Waals surface area (Å²) < 4.78 is 19.5. The molecule has 10 heteroatoms. The van der Waals surface area contributed by atoms with Crippen molar-refractivity contribution in [3.05, 3.63) is 48.8 Å². The number of benzene rings is 1. The molecule has 0 aliphatic carbocycles. The van der Waals surface area contributed by atoms with Gasteiger partial charge in [-0.05, 0) is 13.3 Å². The zero-order valence-electron chi connectivity index (χ0n) is 16.7. The summed E-state index contributed by atoms with van der Waals surface area (Å²) in [6.07, 6.45) is 0.208. The lowest BCUT2D eigenvalue weighted by molar-refractivity contribution is -0.387. The summed E-state index contributed by atoms with van der Waals surface area (Å²) in [6.45, 7) is 9.85. The average molecular weight is 399 g/mol. The Balaban J connectivity index is 0.00000171. The number of carbonyl (C=O) groups is 1. The van der Waals surface area contributed by atoms with E-state index in [2.05, 4.69) is 4.98 Å². The van der Waals surface area contributed by atoms with Gasteiger partial charge < -0.3 is 14.3 Å². The van der Waals surface area contributed by atoms with E-state index in [9.17, 15) is 28.9 Å². The molecule has 0 aliphatic heterocycles. The monoisotopic (exact) mass is 399 g/mol. The number of rotatable bonds is 6. The number of hydrogen-bond acceptors (Lipinski definition) is 6. The highest BCUT2D eigenvalue weighted by molar-refractivity contribution is 5.77. The summed E-state index contributed by atoms with van der Waals surface area (Å²) in [7, 11) is 0. The minimum atomic E-state index is -1.13. The van der Waals surface area contributed by atoms with E-state index in [-0.39, 0.29) is 37.0 Å². The Hall–Kier alpha value is -3.04. The lowest BCUT2D eigenvalue weighted by Gasteiger charge is -2.09. The summed E-state index contributed by atoms with van der Waals surface area (Å²) in [4.78, 5) is 47.0. The smallest absolute Gasteiger partial charge is 0.316 e. The predicted octanol–water partition coefficient (Wildman–Crippen LogP) is 3.13. The SMILES string of the molecule is CC.CC.CCOC(=O)CCCn1c(=O)c(=O)[nH]c2cc([N+](=O)[O-])c(F)cc21. The van der Waals surface area contributed by atoms with E-state index in [0.29, 0.717) is 0 Å². The number of hydrogen-bond donors (Lipinski definition) is 1. The molecule has 156 valence electrons. The maximum Gasteiger partial charge on any atom is 0.316 e. The molecular formula is C18H26FN3O6. The summed E-state index contributed by atoms with van der Waals surface area (Å²) in [5.41, 5.74) is -2.76. The third-order valence-corrected chi connectivity index (χ3v) is 3.31. The van der Waals surface area contributed by atoms with Crippen LogP contribution in [0.25, 0.3) is 11.0 Å². The van der Waals surface area contributed by atoms with Crippen LogP contribution in [-0.2, 0) is 16.1 Å². The van der Waals surface area contributed by atoms with Crippen molar-refractivity contribution in [1.29, 1.82) is 0 Å². The fraction of sp³-hybridized carbons (Fsp3) is 0.500. The molecule has 0 saturated heterocycles. The van der Waals surface area contributed by atoms with Gasteiger partial charge in [0.25, 0.3) is 0 Å². The quantitative estimate of drug-likeness (QED) is 0.344. The van der Waals surface area contributed by atoms with Crippen molar-refractivity contribution in [1.82, 2.24) is 9.55 Å². The van der Waals surface area contributed by atoms with Crippen molar-refractivity contribution >= 4 is 22.7 Å². The van der Waals surface area contributed by atoms with E-state index in [1.54, 1.807) is 6.92 Å². The summed E-state index contributed by atoms with van der Waals surface area (Å²) in [6, 6.07) is 1.67. The Morgan fingerprint density at radius 3 is 2.39 bits per heavy atom. The lowest BCUT2D eigenvalue weighted by atomic mass is 10.2. The Labute approximate surface area is 161 Å². The van der Waals surface area contributed by atoms with Gasteiger partial charge >= 0.3 is 22.8 Å². The molecule has 0 bridgehead atoms. The molecule has 1 aromatic heterocycles. The molecule has 28 heavy (non-hydrogen) atoms. The van der Waals surface area contributed by atoms with Crippen LogP contribution in [0.2, 0.25) is 0 Å². The van der Waals surface area contributed by atoms with E-state index in [4.69, 9.17) is 4.74 Å². The Bertz CT molecular complexity index is 920. The number of aryl methyl sites for hydroxylation is 1. The Morgan fingerprint density at radius 1 is 1.25 bits per heavy atom. The average Bonchev–Trinajstić information content (AvgIpc) is 2.68. The summed E-state index contributed by atoms with van der Waals surface area (Å²) in [5.74, 6) is -1.58. The molecule has 0 aliphatic rings. The first-order chi connectivity index (χ1) is 13.3. The topological polar surface area (TPSA) is 124 Å². The molecule has 2 aromatic rings. The number of nitro benzene ring substituents is 1. The second-order valence-corrected chi connectivity index (χ2v) is 4.90. The van der Waals surface area contributed by atoms with Crippen LogP contribution in [0.3, 0.4) is 0 Å². The van der Waals surface area contributed by atoms with Crippen molar-refractivity contribution in [3.63, 3.8) is 0 Å². The summed E-state index contributed by atoms with van der Waals surface area (Å²) in [5, 5.41) is 10.8. The molecule has 2 rings (SSSR count). The number of nitro groups is 1. The Morgan fingerprint density at radius 2 is 1.86 bits per heavy atom. The molecular weight excluding hydrogens is 373 g/mol. The van der Waals surface area contributed by atoms with Crippen molar-refractivity contribution in [3.8, 4) is 0 Å². The van der Waals surface area contributed by atoms with E-state index < -0.39 is 33.5 Å². The van der Waals surface area contributed by atoms with Gasteiger partial charge in [0, 0.05) is 25.1 Å². The van der Waals surface area contributed by atoms with Crippen LogP contribution >= 0.6 is 0 Å². The van der Waals surface area contributed by atoms with Gasteiger partial charge in [-0.15, -0.1) is 0 Å². The minimum absolute atomic E-state index is 0.00607. The zero-order valence-corrected chi connectivity index (χ0v) is 16.7. The number of aromatic amines is 1. The number of aromatic nitrogens is 2. The van der Waals surface area contributed by atoms with Crippen LogP contribution < -0.4 is 11.1 Å². The first kappa shape index (κ1) is 25.0. The van der Waals surface area contributed by atoms with Gasteiger partial charge in [0.15, 0.2) is 0 Å². The molecule has 0 radical (unpaired) electrons. The second-order valence-electron chi connectivity index (χ2n) is 4.90. The minimum Gasteiger partial charge on any atom is -0.466 e. The zero-order chi connectivity index (χ0) is 21.9. The molecule has 9 nitrogen and oxygen atoms in total. The first-order valence-electron chi connectivity index (χ1n) is 9.11. The maximum absolute atomic E-state index is 13.8. The van der Waals surface area contributed by atoms with E-state index in [0.717, 1.165) is 16.7 Å². The van der Waals surface area contributed by atoms with Crippen molar-refractivity contribution in [2.45, 2.75) is 54.0 Å². The van der Waals surface area contributed by atoms with Gasteiger partial charge in [-0.1, -0.05) is 27.7 Å². The highest BCUT2D eigenvalue weighted by atomic mass is 19.1. The van der Waals surface area contributed by atoms with Gasteiger partial charge in [-0.25, -0.2) is 0 Å². The highest BCUT2D eigenvalue weighted by Crippen LogP contribution is 2.22. The van der Waals surface area contributed by atoms with Crippen molar-refractivity contribution in [2.24, 2.45) is 0 Å². The first-order valence-corrected chi connectivity index (χ1v) is 9.11. The maximum atomic E-state index is 13.8. The van der Waals surface area contributed by atoms with Crippen LogP contribution in [0.4, 0.5) is 10.1 Å². The van der Waals surface area contributed by atoms with E-state index >= 15 is 0 Å². The molecule has 1 aromatic carbocycles. The normalized spacial score (nSPS) is 9.64. The molecule has 0 atom stereocenters. The van der Waals surface area contributed by atoms with E-state index in [1.807, 2.05) is 27.7 Å². The number of halogens is 1. The van der Waals surface area contributed by atoms with Gasteiger partial charge in [0.1, 0.15) is 0 Å². The molecule has 0 saturated carbocycles. The van der Waals surface area contributed by atoms with Gasteiger partial charge in [-0.3, -0.25) is 24.5 Å². The summed E-state index contributed by atoms with van der Waals surface area (Å²) >= 11 is 0.